The van der Waals surface area contributed by atoms with Crippen molar-refractivity contribution >= 4 is 29.1 Å². The average molecular weight is 379 g/mol. The minimum Gasteiger partial charge on any atom is -0.339 e. The second-order valence-corrected chi connectivity index (χ2v) is 6.60. The van der Waals surface area contributed by atoms with Gasteiger partial charge in [0.15, 0.2) is 0 Å². The van der Waals surface area contributed by atoms with Crippen molar-refractivity contribution < 1.29 is 18.4 Å². The van der Waals surface area contributed by atoms with Gasteiger partial charge in [-0.2, -0.15) is 0 Å². The highest BCUT2D eigenvalue weighted by atomic mass is 35.5. The third-order valence-electron chi connectivity index (χ3n) is 4.46. The van der Waals surface area contributed by atoms with Crippen molar-refractivity contribution in [3.63, 3.8) is 0 Å². The Balaban J connectivity index is 1.58. The van der Waals surface area contributed by atoms with E-state index in [1.54, 1.807) is 29.2 Å². The van der Waals surface area contributed by atoms with Gasteiger partial charge in [0.05, 0.1) is 0 Å². The Kier molecular flexibility index (Phi) is 5.52. The van der Waals surface area contributed by atoms with Crippen molar-refractivity contribution in [2.24, 2.45) is 5.92 Å². The van der Waals surface area contributed by atoms with E-state index in [1.807, 2.05) is 0 Å². The van der Waals surface area contributed by atoms with Crippen molar-refractivity contribution in [3.05, 3.63) is 64.7 Å². The van der Waals surface area contributed by atoms with E-state index in [9.17, 15) is 18.4 Å². The number of benzene rings is 2. The number of hydrogen-bond acceptors (Lipinski definition) is 2. The van der Waals surface area contributed by atoms with Gasteiger partial charge in [-0.1, -0.05) is 17.7 Å². The molecular formula is C19H17ClF2N2O2. The smallest absolute Gasteiger partial charge is 0.253 e. The number of likely N-dealkylation sites (tertiary alicyclic amines) is 1. The summed E-state index contributed by atoms with van der Waals surface area (Å²) in [5, 5.41) is 2.88. The molecule has 2 aromatic rings. The predicted molar refractivity (Wildman–Crippen MR) is 95.1 cm³/mol. The maximum absolute atomic E-state index is 13.6. The molecule has 1 N–H and O–H groups in total. The van der Waals surface area contributed by atoms with Gasteiger partial charge >= 0.3 is 0 Å². The van der Waals surface area contributed by atoms with E-state index in [1.165, 1.54) is 6.07 Å². The zero-order chi connectivity index (χ0) is 18.7. The number of carbonyl (C=O) groups excluding carboxylic acids is 2. The standard InChI is InChI=1S/C19H17ClF2N2O2/c20-14-6-4-13(5-7-14)19(26)24-10-8-12(9-11-24)18(25)23-17-15(21)2-1-3-16(17)22/h1-7,12H,8-11H2,(H,23,25). The number of anilines is 1. The Bertz CT molecular complexity index is 799. The van der Waals surface area contributed by atoms with Crippen LogP contribution in [0.15, 0.2) is 42.5 Å². The lowest BCUT2D eigenvalue weighted by Crippen LogP contribution is -2.41. The second-order valence-electron chi connectivity index (χ2n) is 6.16. The van der Waals surface area contributed by atoms with Crippen LogP contribution in [0.1, 0.15) is 23.2 Å². The molecular weight excluding hydrogens is 362 g/mol. The van der Waals surface area contributed by atoms with E-state index < -0.39 is 29.1 Å². The molecule has 26 heavy (non-hydrogen) atoms. The zero-order valence-electron chi connectivity index (χ0n) is 13.8. The summed E-state index contributed by atoms with van der Waals surface area (Å²) in [6, 6.07) is 10.0. The molecule has 0 unspecified atom stereocenters. The summed E-state index contributed by atoms with van der Waals surface area (Å²) in [5.41, 5.74) is 0.0999. The molecule has 0 atom stereocenters. The average Bonchev–Trinajstić information content (AvgIpc) is 2.65. The van der Waals surface area contributed by atoms with E-state index in [0.717, 1.165) is 12.1 Å². The molecule has 7 heteroatoms. The second kappa shape index (κ2) is 7.83. The van der Waals surface area contributed by atoms with Gasteiger partial charge in [0, 0.05) is 29.6 Å². The van der Waals surface area contributed by atoms with Gasteiger partial charge in [-0.25, -0.2) is 8.78 Å². The van der Waals surface area contributed by atoms with Crippen molar-refractivity contribution in [2.75, 3.05) is 18.4 Å². The van der Waals surface area contributed by atoms with Crippen LogP contribution in [0.5, 0.6) is 0 Å². The van der Waals surface area contributed by atoms with Crippen molar-refractivity contribution in [1.29, 1.82) is 0 Å². The van der Waals surface area contributed by atoms with E-state index in [4.69, 9.17) is 11.6 Å². The third-order valence-corrected chi connectivity index (χ3v) is 4.71. The molecule has 2 aromatic carbocycles. The number of piperidine rings is 1. The Hall–Kier alpha value is -2.47. The molecule has 1 saturated heterocycles. The number of nitrogens with one attached hydrogen (secondary N) is 1. The lowest BCUT2D eigenvalue weighted by Gasteiger charge is -2.31. The Morgan fingerprint density at radius 1 is 1.00 bits per heavy atom. The van der Waals surface area contributed by atoms with Crippen LogP contribution in [-0.4, -0.2) is 29.8 Å². The Morgan fingerprint density at radius 2 is 1.58 bits per heavy atom. The largest absolute Gasteiger partial charge is 0.339 e. The molecule has 1 heterocycles. The molecule has 2 amide bonds. The van der Waals surface area contributed by atoms with Gasteiger partial charge in [-0.3, -0.25) is 9.59 Å². The molecule has 0 aliphatic carbocycles. The van der Waals surface area contributed by atoms with Crippen LogP contribution in [0.25, 0.3) is 0 Å². The van der Waals surface area contributed by atoms with E-state index in [2.05, 4.69) is 5.32 Å². The highest BCUT2D eigenvalue weighted by Gasteiger charge is 2.28. The maximum Gasteiger partial charge on any atom is 0.253 e. The summed E-state index contributed by atoms with van der Waals surface area (Å²) in [4.78, 5) is 26.4. The normalized spacial score (nSPS) is 15.0. The van der Waals surface area contributed by atoms with Crippen molar-refractivity contribution in [2.45, 2.75) is 12.8 Å². The first-order valence-electron chi connectivity index (χ1n) is 8.25. The summed E-state index contributed by atoms with van der Waals surface area (Å²) in [5.74, 6) is -2.58. The molecule has 1 fully saturated rings. The third kappa shape index (κ3) is 4.02. The van der Waals surface area contributed by atoms with E-state index in [0.29, 0.717) is 36.5 Å². The molecule has 4 nitrogen and oxygen atoms in total. The van der Waals surface area contributed by atoms with Crippen molar-refractivity contribution in [3.8, 4) is 0 Å². The number of halogens is 3. The highest BCUT2D eigenvalue weighted by molar-refractivity contribution is 6.30. The molecule has 0 spiro atoms. The fraction of sp³-hybridized carbons (Fsp3) is 0.263. The zero-order valence-corrected chi connectivity index (χ0v) is 14.6. The number of rotatable bonds is 3. The molecule has 0 bridgehead atoms. The summed E-state index contributed by atoms with van der Waals surface area (Å²) >= 11 is 5.82. The molecule has 136 valence electrons. The molecule has 0 saturated carbocycles. The lowest BCUT2D eigenvalue weighted by molar-refractivity contribution is -0.121. The molecule has 3 rings (SSSR count). The highest BCUT2D eigenvalue weighted by Crippen LogP contribution is 2.24. The number of amides is 2. The minimum atomic E-state index is -0.811. The van der Waals surface area contributed by atoms with Crippen LogP contribution < -0.4 is 5.32 Å². The monoisotopic (exact) mass is 378 g/mol. The van der Waals surface area contributed by atoms with Gasteiger partial charge in [0.2, 0.25) is 5.91 Å². The Morgan fingerprint density at radius 3 is 2.15 bits per heavy atom. The minimum absolute atomic E-state index is 0.124. The van der Waals surface area contributed by atoms with Crippen LogP contribution in [0.3, 0.4) is 0 Å². The van der Waals surface area contributed by atoms with Crippen molar-refractivity contribution in [1.82, 2.24) is 4.90 Å². The first-order valence-corrected chi connectivity index (χ1v) is 8.63. The Labute approximate surface area is 154 Å². The fourth-order valence-electron chi connectivity index (χ4n) is 2.96. The maximum atomic E-state index is 13.6. The van der Waals surface area contributed by atoms with Gasteiger partial charge < -0.3 is 10.2 Å². The van der Waals surface area contributed by atoms with Crippen LogP contribution in [-0.2, 0) is 4.79 Å². The number of nitrogens with zero attached hydrogens (tertiary/aromatic N) is 1. The van der Waals surface area contributed by atoms with Crippen LogP contribution in [0.2, 0.25) is 5.02 Å². The lowest BCUT2D eigenvalue weighted by atomic mass is 9.95. The van der Waals surface area contributed by atoms with E-state index >= 15 is 0 Å². The summed E-state index contributed by atoms with van der Waals surface area (Å²) in [6.07, 6.45) is 0.864. The first kappa shape index (κ1) is 18.3. The number of para-hydroxylation sites is 1. The quantitative estimate of drug-likeness (QED) is 0.873. The predicted octanol–water partition coefficient (Wildman–Crippen LogP) is 4.11. The first-order chi connectivity index (χ1) is 12.5. The summed E-state index contributed by atoms with van der Waals surface area (Å²) in [6.45, 7) is 0.804. The molecule has 0 aromatic heterocycles. The number of carbonyl (C=O) groups is 2. The topological polar surface area (TPSA) is 49.4 Å². The van der Waals surface area contributed by atoms with Gasteiger partial charge in [0.1, 0.15) is 17.3 Å². The summed E-state index contributed by atoms with van der Waals surface area (Å²) < 4.78 is 27.3. The molecule has 1 aliphatic rings. The van der Waals surface area contributed by atoms with Crippen LogP contribution in [0, 0.1) is 17.6 Å². The SMILES string of the molecule is O=C(Nc1c(F)cccc1F)C1CCN(C(=O)c2ccc(Cl)cc2)CC1. The molecule has 1 aliphatic heterocycles. The van der Waals surface area contributed by atoms with Gasteiger partial charge in [0.25, 0.3) is 5.91 Å². The van der Waals surface area contributed by atoms with Gasteiger partial charge in [-0.15, -0.1) is 0 Å². The van der Waals surface area contributed by atoms with Gasteiger partial charge in [-0.05, 0) is 49.2 Å². The summed E-state index contributed by atoms with van der Waals surface area (Å²) in [7, 11) is 0. The van der Waals surface area contributed by atoms with Crippen LogP contribution >= 0.6 is 11.6 Å². The van der Waals surface area contributed by atoms with E-state index in [-0.39, 0.29) is 5.91 Å². The van der Waals surface area contributed by atoms with Crippen LogP contribution in [0.4, 0.5) is 14.5 Å². The fourth-order valence-corrected chi connectivity index (χ4v) is 3.09. The number of hydrogen-bond donors (Lipinski definition) is 1. The molecule has 0 radical (unpaired) electrons.